The van der Waals surface area contributed by atoms with E-state index in [1.54, 1.807) is 24.4 Å². The van der Waals surface area contributed by atoms with Gasteiger partial charge in [0.05, 0.1) is 0 Å². The van der Waals surface area contributed by atoms with E-state index in [9.17, 15) is 9.59 Å². The van der Waals surface area contributed by atoms with Crippen LogP contribution >= 0.6 is 0 Å². The predicted octanol–water partition coefficient (Wildman–Crippen LogP) is 2.46. The Kier molecular flexibility index (Phi) is 4.88. The average Bonchev–Trinajstić information content (AvgIpc) is 3.54. The quantitative estimate of drug-likeness (QED) is 0.780. The molecule has 6 nitrogen and oxygen atoms in total. The molecule has 27 heavy (non-hydrogen) atoms. The molecule has 4 rings (SSSR count). The smallest absolute Gasteiger partial charge is 0.225 e. The molecule has 2 aromatic rings. The normalized spacial score (nSPS) is 17.5. The van der Waals surface area contributed by atoms with E-state index in [0.717, 1.165) is 51.3 Å². The van der Waals surface area contributed by atoms with Crippen LogP contribution in [0.4, 0.5) is 5.82 Å². The van der Waals surface area contributed by atoms with Crippen LogP contribution in [-0.2, 0) is 4.79 Å². The van der Waals surface area contributed by atoms with E-state index in [4.69, 9.17) is 0 Å². The fourth-order valence-electron chi connectivity index (χ4n) is 3.54. The molecule has 0 unspecified atom stereocenters. The molecule has 1 aliphatic heterocycles. The van der Waals surface area contributed by atoms with Gasteiger partial charge in [-0.15, -0.1) is 0 Å². The number of aryl methyl sites for hydroxylation is 1. The van der Waals surface area contributed by atoms with E-state index in [-0.39, 0.29) is 11.7 Å². The van der Waals surface area contributed by atoms with Gasteiger partial charge >= 0.3 is 0 Å². The first-order chi connectivity index (χ1) is 13.1. The van der Waals surface area contributed by atoms with Gasteiger partial charge in [-0.3, -0.25) is 14.6 Å². The Morgan fingerprint density at radius 1 is 1.04 bits per heavy atom. The van der Waals surface area contributed by atoms with Gasteiger partial charge in [-0.1, -0.05) is 6.07 Å². The lowest BCUT2D eigenvalue weighted by molar-refractivity contribution is -0.132. The van der Waals surface area contributed by atoms with E-state index in [2.05, 4.69) is 14.9 Å². The van der Waals surface area contributed by atoms with E-state index in [1.165, 1.54) is 0 Å². The second kappa shape index (κ2) is 7.47. The number of carbonyl (C=O) groups is 2. The van der Waals surface area contributed by atoms with Gasteiger partial charge in [0.25, 0.3) is 0 Å². The number of anilines is 1. The summed E-state index contributed by atoms with van der Waals surface area (Å²) in [6.07, 6.45) is 4.68. The van der Waals surface area contributed by atoms with Gasteiger partial charge in [-0.05, 0) is 50.5 Å². The molecule has 0 aromatic carbocycles. The van der Waals surface area contributed by atoms with Gasteiger partial charge in [0.1, 0.15) is 11.5 Å². The third kappa shape index (κ3) is 3.84. The number of carbonyl (C=O) groups excluding carboxylic acids is 2. The van der Waals surface area contributed by atoms with Crippen molar-refractivity contribution in [3.8, 4) is 0 Å². The van der Waals surface area contributed by atoms with Crippen molar-refractivity contribution in [2.45, 2.75) is 26.2 Å². The number of amides is 1. The monoisotopic (exact) mass is 364 g/mol. The Balaban J connectivity index is 1.49. The van der Waals surface area contributed by atoms with Gasteiger partial charge in [-0.2, -0.15) is 0 Å². The molecule has 1 aliphatic carbocycles. The van der Waals surface area contributed by atoms with Crippen molar-refractivity contribution in [1.29, 1.82) is 0 Å². The SMILES string of the molecule is Cc1ncccc1C(=O)c1cccc(N2CCCN(C(=O)C3CC3)CC2)n1. The summed E-state index contributed by atoms with van der Waals surface area (Å²) < 4.78 is 0. The van der Waals surface area contributed by atoms with Crippen molar-refractivity contribution in [3.05, 3.63) is 53.5 Å². The molecule has 1 saturated heterocycles. The van der Waals surface area contributed by atoms with Crippen LogP contribution in [0.2, 0.25) is 0 Å². The number of rotatable bonds is 4. The first kappa shape index (κ1) is 17.6. The summed E-state index contributed by atoms with van der Waals surface area (Å²) in [7, 11) is 0. The third-order valence-corrected chi connectivity index (χ3v) is 5.28. The lowest BCUT2D eigenvalue weighted by atomic mass is 10.1. The highest BCUT2D eigenvalue weighted by Crippen LogP contribution is 2.31. The highest BCUT2D eigenvalue weighted by atomic mass is 16.2. The Labute approximate surface area is 159 Å². The summed E-state index contributed by atoms with van der Waals surface area (Å²) in [4.78, 5) is 38.1. The largest absolute Gasteiger partial charge is 0.355 e. The molecule has 0 N–H and O–H groups in total. The maximum atomic E-state index is 12.8. The number of aromatic nitrogens is 2. The standard InChI is InChI=1S/C21H24N4O2/c1-15-17(5-3-10-22-15)20(26)18-6-2-7-19(23-18)24-11-4-12-25(14-13-24)21(27)16-8-9-16/h2-3,5-7,10,16H,4,8-9,11-14H2,1H3. The fourth-order valence-corrected chi connectivity index (χ4v) is 3.54. The first-order valence-corrected chi connectivity index (χ1v) is 9.60. The summed E-state index contributed by atoms with van der Waals surface area (Å²) in [6.45, 7) is 4.94. The molecule has 140 valence electrons. The number of hydrogen-bond donors (Lipinski definition) is 0. The molecule has 0 atom stereocenters. The molecular formula is C21H24N4O2. The topological polar surface area (TPSA) is 66.4 Å². The molecule has 1 saturated carbocycles. The Morgan fingerprint density at radius 2 is 1.89 bits per heavy atom. The molecule has 2 aliphatic rings. The lowest BCUT2D eigenvalue weighted by Crippen LogP contribution is -2.36. The van der Waals surface area contributed by atoms with Gasteiger partial charge in [0, 0.05) is 49.6 Å². The van der Waals surface area contributed by atoms with Crippen LogP contribution in [0.1, 0.15) is 41.0 Å². The number of nitrogens with zero attached hydrogens (tertiary/aromatic N) is 4. The molecule has 0 radical (unpaired) electrons. The second-order valence-corrected chi connectivity index (χ2v) is 7.29. The van der Waals surface area contributed by atoms with Crippen molar-refractivity contribution in [3.63, 3.8) is 0 Å². The minimum Gasteiger partial charge on any atom is -0.355 e. The average molecular weight is 364 g/mol. The van der Waals surface area contributed by atoms with E-state index >= 15 is 0 Å². The number of hydrogen-bond acceptors (Lipinski definition) is 5. The molecular weight excluding hydrogens is 340 g/mol. The maximum Gasteiger partial charge on any atom is 0.225 e. The summed E-state index contributed by atoms with van der Waals surface area (Å²) in [6, 6.07) is 9.11. The minimum atomic E-state index is -0.109. The Hall–Kier alpha value is -2.76. The summed E-state index contributed by atoms with van der Waals surface area (Å²) in [5.74, 6) is 1.25. The third-order valence-electron chi connectivity index (χ3n) is 5.28. The summed E-state index contributed by atoms with van der Waals surface area (Å²) in [5, 5.41) is 0. The van der Waals surface area contributed by atoms with Crippen LogP contribution in [-0.4, -0.2) is 52.7 Å². The van der Waals surface area contributed by atoms with E-state index in [1.807, 2.05) is 24.0 Å². The minimum absolute atomic E-state index is 0.109. The number of ketones is 1. The molecule has 0 spiro atoms. The van der Waals surface area contributed by atoms with Crippen LogP contribution < -0.4 is 4.90 Å². The van der Waals surface area contributed by atoms with E-state index in [0.29, 0.717) is 22.9 Å². The summed E-state index contributed by atoms with van der Waals surface area (Å²) in [5.41, 5.74) is 1.72. The predicted molar refractivity (Wildman–Crippen MR) is 103 cm³/mol. The highest BCUT2D eigenvalue weighted by Gasteiger charge is 2.34. The Morgan fingerprint density at radius 3 is 2.67 bits per heavy atom. The zero-order valence-electron chi connectivity index (χ0n) is 15.6. The summed E-state index contributed by atoms with van der Waals surface area (Å²) >= 11 is 0. The van der Waals surface area contributed by atoms with Crippen molar-refractivity contribution >= 4 is 17.5 Å². The van der Waals surface area contributed by atoms with Crippen molar-refractivity contribution in [2.75, 3.05) is 31.1 Å². The zero-order valence-corrected chi connectivity index (χ0v) is 15.6. The van der Waals surface area contributed by atoms with E-state index < -0.39 is 0 Å². The molecule has 6 heteroatoms. The van der Waals surface area contributed by atoms with Crippen molar-refractivity contribution < 1.29 is 9.59 Å². The van der Waals surface area contributed by atoms with Gasteiger partial charge in [-0.25, -0.2) is 4.98 Å². The van der Waals surface area contributed by atoms with Gasteiger partial charge in [0.2, 0.25) is 11.7 Å². The van der Waals surface area contributed by atoms with Crippen LogP contribution in [0.5, 0.6) is 0 Å². The van der Waals surface area contributed by atoms with Crippen LogP contribution in [0, 0.1) is 12.8 Å². The molecule has 1 amide bonds. The fraction of sp³-hybridized carbons (Fsp3) is 0.429. The molecule has 3 heterocycles. The zero-order chi connectivity index (χ0) is 18.8. The molecule has 0 bridgehead atoms. The van der Waals surface area contributed by atoms with Gasteiger partial charge in [0.15, 0.2) is 0 Å². The van der Waals surface area contributed by atoms with Crippen molar-refractivity contribution in [1.82, 2.24) is 14.9 Å². The first-order valence-electron chi connectivity index (χ1n) is 9.60. The second-order valence-electron chi connectivity index (χ2n) is 7.29. The Bertz CT molecular complexity index is 863. The molecule has 2 fully saturated rings. The highest BCUT2D eigenvalue weighted by molar-refractivity contribution is 6.08. The van der Waals surface area contributed by atoms with Crippen molar-refractivity contribution in [2.24, 2.45) is 5.92 Å². The van der Waals surface area contributed by atoms with Gasteiger partial charge < -0.3 is 9.80 Å². The number of pyridine rings is 2. The lowest BCUT2D eigenvalue weighted by Gasteiger charge is -2.23. The van der Waals surface area contributed by atoms with Crippen LogP contribution in [0.25, 0.3) is 0 Å². The molecule has 2 aromatic heterocycles. The van der Waals surface area contributed by atoms with Crippen LogP contribution in [0.3, 0.4) is 0 Å². The maximum absolute atomic E-state index is 12.8. The van der Waals surface area contributed by atoms with Crippen LogP contribution in [0.15, 0.2) is 36.5 Å².